The molecule has 0 aliphatic heterocycles. The minimum absolute atomic E-state index is 0.421. The van der Waals surface area contributed by atoms with Crippen LogP contribution in [0, 0.1) is 0 Å². The number of hydrogen-bond acceptors (Lipinski definition) is 3. The fourth-order valence-electron chi connectivity index (χ4n) is 1.48. The number of aryl methyl sites for hydroxylation is 1. The third kappa shape index (κ3) is 3.35. The lowest BCUT2D eigenvalue weighted by Crippen LogP contribution is -2.03. The Morgan fingerprint density at radius 3 is 2.67 bits per heavy atom. The molecule has 1 heterocycles. The summed E-state index contributed by atoms with van der Waals surface area (Å²) < 4.78 is 10.2. The lowest BCUT2D eigenvalue weighted by Gasteiger charge is -2.01. The molecule has 0 saturated heterocycles. The Labute approximate surface area is 106 Å². The predicted octanol–water partition coefficient (Wildman–Crippen LogP) is 3.46. The first-order valence-corrected chi connectivity index (χ1v) is 5.80. The maximum Gasteiger partial charge on any atom is 0.336 e. The molecule has 92 valence electrons. The topological polar surface area (TPSA) is 39.4 Å². The summed E-state index contributed by atoms with van der Waals surface area (Å²) in [4.78, 5) is 11.5. The van der Waals surface area contributed by atoms with Gasteiger partial charge >= 0.3 is 5.97 Å². The standard InChI is InChI=1S/C15H14O3/c1-2-12-5-7-14(8-6-12)18-15(16)10-9-13-4-3-11-17-13/h3-11H,2H2,1H3/b10-9+. The van der Waals surface area contributed by atoms with Gasteiger partial charge < -0.3 is 9.15 Å². The van der Waals surface area contributed by atoms with Crippen LogP contribution in [0.3, 0.4) is 0 Å². The van der Waals surface area contributed by atoms with Crippen LogP contribution >= 0.6 is 0 Å². The third-order valence-corrected chi connectivity index (χ3v) is 2.48. The molecule has 0 aliphatic carbocycles. The van der Waals surface area contributed by atoms with E-state index in [4.69, 9.17) is 9.15 Å². The van der Waals surface area contributed by atoms with E-state index >= 15 is 0 Å². The number of esters is 1. The van der Waals surface area contributed by atoms with E-state index < -0.39 is 5.97 Å². The van der Waals surface area contributed by atoms with Gasteiger partial charge in [-0.05, 0) is 42.3 Å². The van der Waals surface area contributed by atoms with Crippen molar-refractivity contribution in [3.05, 3.63) is 60.1 Å². The first kappa shape index (κ1) is 12.2. The molecule has 3 nitrogen and oxygen atoms in total. The van der Waals surface area contributed by atoms with Gasteiger partial charge in [0.25, 0.3) is 0 Å². The molecule has 0 N–H and O–H groups in total. The van der Waals surface area contributed by atoms with Crippen LogP contribution in [0.5, 0.6) is 5.75 Å². The van der Waals surface area contributed by atoms with Crippen LogP contribution < -0.4 is 4.74 Å². The zero-order valence-electron chi connectivity index (χ0n) is 10.1. The van der Waals surface area contributed by atoms with Gasteiger partial charge in [-0.1, -0.05) is 19.1 Å². The van der Waals surface area contributed by atoms with Crippen molar-refractivity contribution in [2.45, 2.75) is 13.3 Å². The third-order valence-electron chi connectivity index (χ3n) is 2.48. The van der Waals surface area contributed by atoms with Gasteiger partial charge in [-0.15, -0.1) is 0 Å². The van der Waals surface area contributed by atoms with Crippen molar-refractivity contribution in [2.24, 2.45) is 0 Å². The quantitative estimate of drug-likeness (QED) is 0.468. The van der Waals surface area contributed by atoms with E-state index in [0.29, 0.717) is 11.5 Å². The highest BCUT2D eigenvalue weighted by molar-refractivity contribution is 5.88. The van der Waals surface area contributed by atoms with Crippen molar-refractivity contribution >= 4 is 12.0 Å². The summed E-state index contributed by atoms with van der Waals surface area (Å²) in [5.41, 5.74) is 1.21. The Hall–Kier alpha value is -2.29. The highest BCUT2D eigenvalue weighted by Crippen LogP contribution is 2.13. The van der Waals surface area contributed by atoms with E-state index in [2.05, 4.69) is 6.92 Å². The molecule has 0 atom stereocenters. The molecule has 1 aromatic heterocycles. The van der Waals surface area contributed by atoms with Gasteiger partial charge in [0, 0.05) is 6.08 Å². The number of furan rings is 1. The summed E-state index contributed by atoms with van der Waals surface area (Å²) in [7, 11) is 0. The molecule has 1 aromatic carbocycles. The molecular formula is C15H14O3. The number of carbonyl (C=O) groups excluding carboxylic acids is 1. The first-order valence-electron chi connectivity index (χ1n) is 5.80. The van der Waals surface area contributed by atoms with Gasteiger partial charge in [0.1, 0.15) is 11.5 Å². The molecule has 3 heteroatoms. The van der Waals surface area contributed by atoms with Crippen molar-refractivity contribution < 1.29 is 13.9 Å². The summed E-state index contributed by atoms with van der Waals surface area (Å²) in [6.45, 7) is 2.08. The zero-order valence-corrected chi connectivity index (χ0v) is 10.1. The van der Waals surface area contributed by atoms with Crippen LogP contribution in [0.1, 0.15) is 18.2 Å². The summed E-state index contributed by atoms with van der Waals surface area (Å²) in [5.74, 6) is 0.741. The fourth-order valence-corrected chi connectivity index (χ4v) is 1.48. The number of ether oxygens (including phenoxy) is 1. The Morgan fingerprint density at radius 2 is 2.06 bits per heavy atom. The summed E-state index contributed by atoms with van der Waals surface area (Å²) in [5, 5.41) is 0. The normalized spacial score (nSPS) is 10.7. The summed E-state index contributed by atoms with van der Waals surface area (Å²) in [6, 6.07) is 11.0. The molecule has 0 aliphatic rings. The van der Waals surface area contributed by atoms with Crippen LogP contribution in [0.2, 0.25) is 0 Å². The Morgan fingerprint density at radius 1 is 1.28 bits per heavy atom. The van der Waals surface area contributed by atoms with E-state index in [-0.39, 0.29) is 0 Å². The SMILES string of the molecule is CCc1ccc(OC(=O)/C=C/c2ccco2)cc1. The Kier molecular flexibility index (Phi) is 3.97. The fraction of sp³-hybridized carbons (Fsp3) is 0.133. The molecule has 0 spiro atoms. The predicted molar refractivity (Wildman–Crippen MR) is 69.2 cm³/mol. The summed E-state index contributed by atoms with van der Waals surface area (Å²) in [6.07, 6.45) is 5.43. The van der Waals surface area contributed by atoms with Crippen LogP contribution in [-0.2, 0) is 11.2 Å². The summed E-state index contributed by atoms with van der Waals surface area (Å²) >= 11 is 0. The minimum Gasteiger partial charge on any atom is -0.465 e. The lowest BCUT2D eigenvalue weighted by atomic mass is 10.2. The Bertz CT molecular complexity index is 521. The van der Waals surface area contributed by atoms with E-state index in [1.54, 1.807) is 36.6 Å². The van der Waals surface area contributed by atoms with E-state index in [1.165, 1.54) is 11.6 Å². The lowest BCUT2D eigenvalue weighted by molar-refractivity contribution is -0.128. The molecular weight excluding hydrogens is 228 g/mol. The van der Waals surface area contributed by atoms with Gasteiger partial charge in [-0.3, -0.25) is 0 Å². The highest BCUT2D eigenvalue weighted by Gasteiger charge is 2.00. The van der Waals surface area contributed by atoms with Gasteiger partial charge in [0.15, 0.2) is 0 Å². The molecule has 0 unspecified atom stereocenters. The maximum atomic E-state index is 11.5. The molecule has 0 amide bonds. The number of hydrogen-bond donors (Lipinski definition) is 0. The van der Waals surface area contributed by atoms with E-state index in [9.17, 15) is 4.79 Å². The average Bonchev–Trinajstić information content (AvgIpc) is 2.90. The van der Waals surface area contributed by atoms with E-state index in [0.717, 1.165) is 6.42 Å². The average molecular weight is 242 g/mol. The Balaban J connectivity index is 1.94. The van der Waals surface area contributed by atoms with Gasteiger partial charge in [-0.2, -0.15) is 0 Å². The molecule has 2 aromatic rings. The van der Waals surface area contributed by atoms with Crippen molar-refractivity contribution in [3.63, 3.8) is 0 Å². The van der Waals surface area contributed by atoms with Gasteiger partial charge in [0.05, 0.1) is 6.26 Å². The van der Waals surface area contributed by atoms with Crippen molar-refractivity contribution in [1.29, 1.82) is 0 Å². The first-order chi connectivity index (χ1) is 8.78. The molecule has 2 rings (SSSR count). The number of benzene rings is 1. The number of rotatable bonds is 4. The second-order valence-electron chi connectivity index (χ2n) is 3.77. The van der Waals surface area contributed by atoms with Crippen molar-refractivity contribution in [1.82, 2.24) is 0 Å². The molecule has 0 saturated carbocycles. The van der Waals surface area contributed by atoms with Crippen LogP contribution in [0.15, 0.2) is 53.2 Å². The minimum atomic E-state index is -0.421. The second-order valence-corrected chi connectivity index (χ2v) is 3.77. The van der Waals surface area contributed by atoms with Crippen molar-refractivity contribution in [3.8, 4) is 5.75 Å². The van der Waals surface area contributed by atoms with Gasteiger partial charge in [-0.25, -0.2) is 4.79 Å². The highest BCUT2D eigenvalue weighted by atomic mass is 16.5. The second kappa shape index (κ2) is 5.87. The molecule has 0 radical (unpaired) electrons. The largest absolute Gasteiger partial charge is 0.465 e. The van der Waals surface area contributed by atoms with E-state index in [1.807, 2.05) is 12.1 Å². The zero-order chi connectivity index (χ0) is 12.8. The van der Waals surface area contributed by atoms with Crippen LogP contribution in [0.25, 0.3) is 6.08 Å². The van der Waals surface area contributed by atoms with Crippen molar-refractivity contribution in [2.75, 3.05) is 0 Å². The maximum absolute atomic E-state index is 11.5. The monoisotopic (exact) mass is 242 g/mol. The molecule has 0 fully saturated rings. The van der Waals surface area contributed by atoms with Crippen LogP contribution in [0.4, 0.5) is 0 Å². The van der Waals surface area contributed by atoms with Crippen LogP contribution in [-0.4, -0.2) is 5.97 Å². The molecule has 18 heavy (non-hydrogen) atoms. The molecule has 0 bridgehead atoms. The smallest absolute Gasteiger partial charge is 0.336 e. The number of carbonyl (C=O) groups is 1. The van der Waals surface area contributed by atoms with Gasteiger partial charge in [0.2, 0.25) is 0 Å².